The van der Waals surface area contributed by atoms with Crippen molar-refractivity contribution in [3.63, 3.8) is 0 Å². The molecule has 8 nitrogen and oxygen atoms in total. The summed E-state index contributed by atoms with van der Waals surface area (Å²) in [4.78, 5) is 24.3. The van der Waals surface area contributed by atoms with E-state index in [2.05, 4.69) is 5.32 Å². The second kappa shape index (κ2) is 9.38. The van der Waals surface area contributed by atoms with Crippen LogP contribution in [0.4, 0.5) is 0 Å². The molecule has 0 radical (unpaired) electrons. The Bertz CT molecular complexity index is 916. The van der Waals surface area contributed by atoms with E-state index in [1.807, 2.05) is 6.07 Å². The van der Waals surface area contributed by atoms with E-state index < -0.39 is 18.5 Å². The normalized spacial score (nSPS) is 11.7. The molecule has 0 atom stereocenters. The lowest BCUT2D eigenvalue weighted by Gasteiger charge is -2.13. The minimum Gasteiger partial charge on any atom is -0.493 e. The van der Waals surface area contributed by atoms with Crippen LogP contribution in [0.25, 0.3) is 0 Å². The molecule has 154 valence electrons. The van der Waals surface area contributed by atoms with Gasteiger partial charge in [0.1, 0.15) is 0 Å². The first-order valence-electron chi connectivity index (χ1n) is 8.84. The van der Waals surface area contributed by atoms with Gasteiger partial charge in [-0.2, -0.15) is 0 Å². The van der Waals surface area contributed by atoms with Crippen LogP contribution < -0.4 is 24.3 Å². The Balaban J connectivity index is 1.53. The molecule has 0 saturated heterocycles. The maximum Gasteiger partial charge on any atom is 0.338 e. The Labute approximate surface area is 172 Å². The maximum atomic E-state index is 12.3. The molecule has 0 spiro atoms. The lowest BCUT2D eigenvalue weighted by atomic mass is 10.2. The molecule has 2 aromatic carbocycles. The average molecular weight is 422 g/mol. The third-order valence-corrected chi connectivity index (χ3v) is 4.30. The van der Waals surface area contributed by atoms with E-state index in [-0.39, 0.29) is 23.9 Å². The highest BCUT2D eigenvalue weighted by atomic mass is 35.5. The van der Waals surface area contributed by atoms with Crippen molar-refractivity contribution in [1.82, 2.24) is 5.32 Å². The summed E-state index contributed by atoms with van der Waals surface area (Å²) >= 11 is 6.15. The molecule has 2 aromatic rings. The van der Waals surface area contributed by atoms with E-state index in [4.69, 9.17) is 35.3 Å². The lowest BCUT2D eigenvalue weighted by molar-refractivity contribution is -0.124. The number of carbonyl (C=O) groups is 2. The molecule has 1 aliphatic heterocycles. The van der Waals surface area contributed by atoms with Crippen LogP contribution in [0.5, 0.6) is 23.0 Å². The zero-order valence-electron chi connectivity index (χ0n) is 16.0. The summed E-state index contributed by atoms with van der Waals surface area (Å²) in [5.41, 5.74) is 0.982. The van der Waals surface area contributed by atoms with Crippen LogP contribution in [0.2, 0.25) is 5.02 Å². The molecule has 1 heterocycles. The Morgan fingerprint density at radius 2 is 1.97 bits per heavy atom. The number of hydrogen-bond acceptors (Lipinski definition) is 7. The molecule has 3 rings (SSSR count). The minimum absolute atomic E-state index is 0.152. The third kappa shape index (κ3) is 5.03. The molecule has 1 N–H and O–H groups in total. The van der Waals surface area contributed by atoms with Crippen LogP contribution in [-0.2, 0) is 16.1 Å². The largest absolute Gasteiger partial charge is 0.493 e. The fourth-order valence-electron chi connectivity index (χ4n) is 2.64. The van der Waals surface area contributed by atoms with E-state index in [0.29, 0.717) is 29.6 Å². The topological polar surface area (TPSA) is 92.3 Å². The number of amides is 1. The molecular weight excluding hydrogens is 402 g/mol. The van der Waals surface area contributed by atoms with Crippen molar-refractivity contribution >= 4 is 23.5 Å². The standard InChI is InChI=1S/C20H20ClNO7/c1-3-26-19-14(21)7-13(8-17(19)25-2)20(24)27-10-18(23)22-9-12-4-5-15-16(6-12)29-11-28-15/h4-8H,3,9-11H2,1-2H3,(H,22,23). The third-order valence-electron chi connectivity index (χ3n) is 4.01. The smallest absolute Gasteiger partial charge is 0.338 e. The van der Waals surface area contributed by atoms with Gasteiger partial charge >= 0.3 is 5.97 Å². The van der Waals surface area contributed by atoms with Gasteiger partial charge in [0.15, 0.2) is 29.6 Å². The van der Waals surface area contributed by atoms with Crippen LogP contribution >= 0.6 is 11.6 Å². The molecule has 0 fully saturated rings. The first-order chi connectivity index (χ1) is 14.0. The number of rotatable bonds is 8. The molecule has 1 amide bonds. The number of esters is 1. The number of ether oxygens (including phenoxy) is 5. The molecule has 1 aliphatic rings. The van der Waals surface area contributed by atoms with Crippen molar-refractivity contribution in [2.75, 3.05) is 27.1 Å². The fraction of sp³-hybridized carbons (Fsp3) is 0.300. The van der Waals surface area contributed by atoms with E-state index in [0.717, 1.165) is 5.56 Å². The summed E-state index contributed by atoms with van der Waals surface area (Å²) in [6.07, 6.45) is 0. The average Bonchev–Trinajstić information content (AvgIpc) is 3.19. The highest BCUT2D eigenvalue weighted by molar-refractivity contribution is 6.32. The van der Waals surface area contributed by atoms with Gasteiger partial charge in [0.05, 0.1) is 24.3 Å². The van der Waals surface area contributed by atoms with Crippen LogP contribution in [0, 0.1) is 0 Å². The Hall–Kier alpha value is -3.13. The molecular formula is C20H20ClNO7. The fourth-order valence-corrected chi connectivity index (χ4v) is 2.90. The van der Waals surface area contributed by atoms with Crippen molar-refractivity contribution in [1.29, 1.82) is 0 Å². The number of benzene rings is 2. The second-order valence-electron chi connectivity index (χ2n) is 5.96. The van der Waals surface area contributed by atoms with Crippen LogP contribution in [0.1, 0.15) is 22.8 Å². The predicted octanol–water partition coefficient (Wildman–Crippen LogP) is 2.95. The Kier molecular flexibility index (Phi) is 6.66. The van der Waals surface area contributed by atoms with Crippen molar-refractivity contribution in [3.8, 4) is 23.0 Å². The summed E-state index contributed by atoms with van der Waals surface area (Å²) in [6.45, 7) is 2.21. The Morgan fingerprint density at radius 1 is 1.17 bits per heavy atom. The van der Waals surface area contributed by atoms with Crippen LogP contribution in [0.15, 0.2) is 30.3 Å². The van der Waals surface area contributed by atoms with Crippen LogP contribution in [0.3, 0.4) is 0 Å². The highest BCUT2D eigenvalue weighted by Gasteiger charge is 2.18. The molecule has 0 bridgehead atoms. The van der Waals surface area contributed by atoms with Gasteiger partial charge in [-0.1, -0.05) is 17.7 Å². The summed E-state index contributed by atoms with van der Waals surface area (Å²) in [5, 5.41) is 2.89. The summed E-state index contributed by atoms with van der Waals surface area (Å²) < 4.78 is 26.2. The number of fused-ring (bicyclic) bond motifs is 1. The zero-order chi connectivity index (χ0) is 20.8. The van der Waals surface area contributed by atoms with Gasteiger partial charge in [0.2, 0.25) is 6.79 Å². The van der Waals surface area contributed by atoms with Gasteiger partial charge < -0.3 is 29.0 Å². The highest BCUT2D eigenvalue weighted by Crippen LogP contribution is 2.36. The summed E-state index contributed by atoms with van der Waals surface area (Å²) in [7, 11) is 1.44. The molecule has 29 heavy (non-hydrogen) atoms. The van der Waals surface area contributed by atoms with E-state index in [1.54, 1.807) is 19.1 Å². The molecule has 9 heteroatoms. The number of nitrogens with one attached hydrogen (secondary N) is 1. The van der Waals surface area contributed by atoms with Gasteiger partial charge in [-0.3, -0.25) is 4.79 Å². The first-order valence-corrected chi connectivity index (χ1v) is 9.22. The SMILES string of the molecule is CCOc1c(Cl)cc(C(=O)OCC(=O)NCc2ccc3c(c2)OCO3)cc1OC. The van der Waals surface area contributed by atoms with Crippen molar-refractivity contribution in [3.05, 3.63) is 46.5 Å². The first kappa shape index (κ1) is 20.6. The second-order valence-corrected chi connectivity index (χ2v) is 6.37. The van der Waals surface area contributed by atoms with Gasteiger partial charge in [-0.05, 0) is 36.8 Å². The van der Waals surface area contributed by atoms with Crippen molar-refractivity contribution < 1.29 is 33.3 Å². The van der Waals surface area contributed by atoms with Gasteiger partial charge in [0.25, 0.3) is 5.91 Å². The minimum atomic E-state index is -0.702. The molecule has 0 aromatic heterocycles. The summed E-state index contributed by atoms with van der Waals surface area (Å²) in [6, 6.07) is 8.22. The van der Waals surface area contributed by atoms with Crippen LogP contribution in [-0.4, -0.2) is 39.0 Å². The summed E-state index contributed by atoms with van der Waals surface area (Å²) in [5.74, 6) is 0.794. The van der Waals surface area contributed by atoms with Gasteiger partial charge in [-0.25, -0.2) is 4.79 Å². The van der Waals surface area contributed by atoms with E-state index in [9.17, 15) is 9.59 Å². The van der Waals surface area contributed by atoms with Gasteiger partial charge in [-0.15, -0.1) is 0 Å². The maximum absolute atomic E-state index is 12.3. The number of halogens is 1. The number of hydrogen-bond donors (Lipinski definition) is 1. The lowest BCUT2D eigenvalue weighted by Crippen LogP contribution is -2.28. The van der Waals surface area contributed by atoms with Gasteiger partial charge in [0, 0.05) is 6.54 Å². The van der Waals surface area contributed by atoms with E-state index in [1.165, 1.54) is 19.2 Å². The number of methoxy groups -OCH3 is 1. The quantitative estimate of drug-likeness (QED) is 0.655. The Morgan fingerprint density at radius 3 is 2.72 bits per heavy atom. The number of carbonyl (C=O) groups excluding carboxylic acids is 2. The van der Waals surface area contributed by atoms with Crippen molar-refractivity contribution in [2.24, 2.45) is 0 Å². The monoisotopic (exact) mass is 421 g/mol. The molecule has 0 aliphatic carbocycles. The van der Waals surface area contributed by atoms with E-state index >= 15 is 0 Å². The molecule has 0 unspecified atom stereocenters. The predicted molar refractivity (Wildman–Crippen MR) is 104 cm³/mol. The molecule has 0 saturated carbocycles. The van der Waals surface area contributed by atoms with Crippen molar-refractivity contribution in [2.45, 2.75) is 13.5 Å². The zero-order valence-corrected chi connectivity index (χ0v) is 16.7.